The third-order valence-electron chi connectivity index (χ3n) is 3.34. The van der Waals surface area contributed by atoms with Gasteiger partial charge in [-0.05, 0) is 30.3 Å². The highest BCUT2D eigenvalue weighted by Gasteiger charge is 2.05. The molecule has 2 aromatic carbocycles. The summed E-state index contributed by atoms with van der Waals surface area (Å²) in [5, 5.41) is 4.57. The number of para-hydroxylation sites is 1. The number of methoxy groups -OCH3 is 1. The molecule has 21 heavy (non-hydrogen) atoms. The van der Waals surface area contributed by atoms with Crippen LogP contribution in [0.1, 0.15) is 5.56 Å². The highest BCUT2D eigenvalue weighted by atomic mass is 79.9. The predicted octanol–water partition coefficient (Wildman–Crippen LogP) is 4.62. The van der Waals surface area contributed by atoms with Crippen LogP contribution in [0.3, 0.4) is 0 Å². The Bertz CT molecular complexity index is 768. The van der Waals surface area contributed by atoms with E-state index in [4.69, 9.17) is 4.74 Å². The Balaban J connectivity index is 1.89. The topological polar surface area (TPSA) is 34.1 Å². The number of ether oxygens (including phenoxy) is 1. The molecule has 0 amide bonds. The Labute approximate surface area is 132 Å². The molecular weight excluding hydrogens is 328 g/mol. The van der Waals surface area contributed by atoms with E-state index >= 15 is 0 Å². The van der Waals surface area contributed by atoms with Crippen LogP contribution in [0.25, 0.3) is 10.9 Å². The van der Waals surface area contributed by atoms with Crippen molar-refractivity contribution in [2.75, 3.05) is 12.4 Å². The zero-order valence-corrected chi connectivity index (χ0v) is 13.2. The van der Waals surface area contributed by atoms with E-state index in [-0.39, 0.29) is 0 Å². The van der Waals surface area contributed by atoms with Gasteiger partial charge in [0.05, 0.1) is 18.3 Å². The molecule has 0 aliphatic rings. The van der Waals surface area contributed by atoms with Crippen molar-refractivity contribution in [3.8, 4) is 5.75 Å². The van der Waals surface area contributed by atoms with Gasteiger partial charge in [0, 0.05) is 28.2 Å². The molecule has 0 aliphatic carbocycles. The smallest absolute Gasteiger partial charge is 0.123 e. The second kappa shape index (κ2) is 6.14. The fourth-order valence-corrected chi connectivity index (χ4v) is 2.73. The molecule has 0 spiro atoms. The maximum Gasteiger partial charge on any atom is 0.123 e. The molecular formula is C17H15BrN2O. The Morgan fingerprint density at radius 2 is 2.00 bits per heavy atom. The van der Waals surface area contributed by atoms with E-state index in [0.717, 1.165) is 32.4 Å². The van der Waals surface area contributed by atoms with Gasteiger partial charge in [0.15, 0.2) is 0 Å². The number of hydrogen-bond donors (Lipinski definition) is 1. The zero-order valence-electron chi connectivity index (χ0n) is 11.6. The highest BCUT2D eigenvalue weighted by molar-refractivity contribution is 9.10. The van der Waals surface area contributed by atoms with E-state index in [1.807, 2.05) is 36.5 Å². The number of pyridine rings is 1. The van der Waals surface area contributed by atoms with Crippen molar-refractivity contribution in [3.05, 3.63) is 64.8 Å². The number of fused-ring (bicyclic) bond motifs is 1. The van der Waals surface area contributed by atoms with Crippen molar-refractivity contribution in [1.82, 2.24) is 4.98 Å². The number of aromatic nitrogens is 1. The summed E-state index contributed by atoms with van der Waals surface area (Å²) in [6, 6.07) is 16.1. The fraction of sp³-hybridized carbons (Fsp3) is 0.118. The van der Waals surface area contributed by atoms with Crippen LogP contribution in [-0.4, -0.2) is 12.1 Å². The summed E-state index contributed by atoms with van der Waals surface area (Å²) in [4.78, 5) is 4.45. The summed E-state index contributed by atoms with van der Waals surface area (Å²) in [6.45, 7) is 0.679. The highest BCUT2D eigenvalue weighted by Crippen LogP contribution is 2.26. The lowest BCUT2D eigenvalue weighted by atomic mass is 10.1. The van der Waals surface area contributed by atoms with Crippen molar-refractivity contribution in [2.24, 2.45) is 0 Å². The Hall–Kier alpha value is -2.07. The van der Waals surface area contributed by atoms with Gasteiger partial charge in [-0.3, -0.25) is 4.98 Å². The summed E-state index contributed by atoms with van der Waals surface area (Å²) in [7, 11) is 1.69. The van der Waals surface area contributed by atoms with Gasteiger partial charge in [-0.2, -0.15) is 0 Å². The van der Waals surface area contributed by atoms with E-state index in [1.54, 1.807) is 7.11 Å². The van der Waals surface area contributed by atoms with Crippen LogP contribution in [0, 0.1) is 0 Å². The number of hydrogen-bond acceptors (Lipinski definition) is 3. The van der Waals surface area contributed by atoms with Crippen molar-refractivity contribution >= 4 is 32.5 Å². The van der Waals surface area contributed by atoms with Gasteiger partial charge in [-0.1, -0.05) is 34.1 Å². The lowest BCUT2D eigenvalue weighted by Gasteiger charge is -2.12. The normalized spacial score (nSPS) is 10.6. The van der Waals surface area contributed by atoms with E-state index in [0.29, 0.717) is 6.54 Å². The Kier molecular flexibility index (Phi) is 4.06. The van der Waals surface area contributed by atoms with Gasteiger partial charge in [-0.25, -0.2) is 0 Å². The van der Waals surface area contributed by atoms with Crippen molar-refractivity contribution in [1.29, 1.82) is 0 Å². The number of halogens is 1. The summed E-state index contributed by atoms with van der Waals surface area (Å²) in [5.41, 5.74) is 3.10. The molecule has 106 valence electrons. The van der Waals surface area contributed by atoms with Gasteiger partial charge in [0.25, 0.3) is 0 Å². The molecule has 3 nitrogen and oxygen atoms in total. The standard InChI is InChI=1S/C17H15BrN2O/c1-21-16-8-7-14(18)10-13(16)11-20-15-6-2-4-12-5-3-9-19-17(12)15/h2-10,20H,11H2,1H3. The molecule has 0 bridgehead atoms. The molecule has 1 N–H and O–H groups in total. The first-order chi connectivity index (χ1) is 10.3. The van der Waals surface area contributed by atoms with Crippen LogP contribution in [0.4, 0.5) is 5.69 Å². The largest absolute Gasteiger partial charge is 0.496 e. The Morgan fingerprint density at radius 3 is 2.86 bits per heavy atom. The maximum atomic E-state index is 5.40. The number of rotatable bonds is 4. The molecule has 4 heteroatoms. The minimum absolute atomic E-state index is 0.679. The van der Waals surface area contributed by atoms with Gasteiger partial charge >= 0.3 is 0 Å². The molecule has 0 unspecified atom stereocenters. The molecule has 1 aromatic heterocycles. The SMILES string of the molecule is COc1ccc(Br)cc1CNc1cccc2cccnc12. The van der Waals surface area contributed by atoms with Crippen molar-refractivity contribution < 1.29 is 4.74 Å². The fourth-order valence-electron chi connectivity index (χ4n) is 2.32. The van der Waals surface area contributed by atoms with E-state index in [1.165, 1.54) is 0 Å². The van der Waals surface area contributed by atoms with Crippen molar-refractivity contribution in [2.45, 2.75) is 6.54 Å². The van der Waals surface area contributed by atoms with Gasteiger partial charge < -0.3 is 10.1 Å². The average molecular weight is 343 g/mol. The lowest BCUT2D eigenvalue weighted by Crippen LogP contribution is -2.02. The maximum absolute atomic E-state index is 5.40. The molecule has 0 fully saturated rings. The van der Waals surface area contributed by atoms with Gasteiger partial charge in [0.1, 0.15) is 5.75 Å². The van der Waals surface area contributed by atoms with Crippen molar-refractivity contribution in [3.63, 3.8) is 0 Å². The number of benzene rings is 2. The quantitative estimate of drug-likeness (QED) is 0.751. The lowest BCUT2D eigenvalue weighted by molar-refractivity contribution is 0.410. The molecule has 0 atom stereocenters. The Morgan fingerprint density at radius 1 is 1.14 bits per heavy atom. The first-order valence-corrected chi connectivity index (χ1v) is 7.47. The molecule has 0 aliphatic heterocycles. The summed E-state index contributed by atoms with van der Waals surface area (Å²) < 4.78 is 6.44. The second-order valence-electron chi connectivity index (χ2n) is 4.69. The summed E-state index contributed by atoms with van der Waals surface area (Å²) >= 11 is 3.50. The third kappa shape index (κ3) is 3.00. The minimum Gasteiger partial charge on any atom is -0.496 e. The first kappa shape index (κ1) is 13.9. The average Bonchev–Trinajstić information content (AvgIpc) is 2.53. The molecule has 0 saturated heterocycles. The van der Waals surface area contributed by atoms with E-state index in [2.05, 4.69) is 44.4 Å². The second-order valence-corrected chi connectivity index (χ2v) is 5.61. The van der Waals surface area contributed by atoms with Crippen LogP contribution >= 0.6 is 15.9 Å². The summed E-state index contributed by atoms with van der Waals surface area (Å²) in [6.07, 6.45) is 1.81. The van der Waals surface area contributed by atoms with Crippen LogP contribution in [-0.2, 0) is 6.54 Å². The van der Waals surface area contributed by atoms with Crippen LogP contribution in [0.15, 0.2) is 59.2 Å². The monoisotopic (exact) mass is 342 g/mol. The molecule has 1 heterocycles. The summed E-state index contributed by atoms with van der Waals surface area (Å²) in [5.74, 6) is 0.874. The number of anilines is 1. The minimum atomic E-state index is 0.679. The molecule has 0 saturated carbocycles. The van der Waals surface area contributed by atoms with Gasteiger partial charge in [0.2, 0.25) is 0 Å². The van der Waals surface area contributed by atoms with Gasteiger partial charge in [-0.15, -0.1) is 0 Å². The third-order valence-corrected chi connectivity index (χ3v) is 3.84. The molecule has 3 rings (SSSR count). The first-order valence-electron chi connectivity index (χ1n) is 6.68. The molecule has 0 radical (unpaired) electrons. The van der Waals surface area contributed by atoms with E-state index in [9.17, 15) is 0 Å². The number of nitrogens with zero attached hydrogens (tertiary/aromatic N) is 1. The number of nitrogens with one attached hydrogen (secondary N) is 1. The van der Waals surface area contributed by atoms with Crippen LogP contribution in [0.2, 0.25) is 0 Å². The molecule has 3 aromatic rings. The van der Waals surface area contributed by atoms with Crippen LogP contribution in [0.5, 0.6) is 5.75 Å². The zero-order chi connectivity index (χ0) is 14.7. The van der Waals surface area contributed by atoms with Crippen LogP contribution < -0.4 is 10.1 Å². The predicted molar refractivity (Wildman–Crippen MR) is 89.8 cm³/mol. The van der Waals surface area contributed by atoms with E-state index < -0.39 is 0 Å².